The highest BCUT2D eigenvalue weighted by molar-refractivity contribution is 9.10. The summed E-state index contributed by atoms with van der Waals surface area (Å²) < 4.78 is 6.54. The summed E-state index contributed by atoms with van der Waals surface area (Å²) in [5.74, 6) is -1.09. The lowest BCUT2D eigenvalue weighted by atomic mass is 9.94. The van der Waals surface area contributed by atoms with Gasteiger partial charge in [-0.15, -0.1) is 0 Å². The molecule has 1 aliphatic heterocycles. The van der Waals surface area contributed by atoms with E-state index in [9.17, 15) is 14.7 Å². The number of amides is 1. The first-order chi connectivity index (χ1) is 16.8. The van der Waals surface area contributed by atoms with Gasteiger partial charge in [0.2, 0.25) is 0 Å². The molecule has 176 valence electrons. The molecule has 3 aromatic carbocycles. The molecule has 1 N–H and O–H groups in total. The Morgan fingerprint density at radius 3 is 2.37 bits per heavy atom. The van der Waals surface area contributed by atoms with Gasteiger partial charge in [0.15, 0.2) is 0 Å². The lowest BCUT2D eigenvalue weighted by Crippen LogP contribution is -2.29. The van der Waals surface area contributed by atoms with Gasteiger partial charge in [-0.05, 0) is 73.0 Å². The maximum absolute atomic E-state index is 13.3. The number of Topliss-reactive ketones (excluding diaryl/α,β-unsaturated/α-hetero) is 1. The number of benzene rings is 3. The van der Waals surface area contributed by atoms with Crippen LogP contribution in [0.25, 0.3) is 5.76 Å². The van der Waals surface area contributed by atoms with Gasteiger partial charge in [0.05, 0.1) is 29.9 Å². The Labute approximate surface area is 212 Å². The number of ether oxygens (including phenoxy) is 1. The molecule has 1 aliphatic rings. The fourth-order valence-electron chi connectivity index (χ4n) is 4.02. The first kappa shape index (κ1) is 24.2. The van der Waals surface area contributed by atoms with Crippen LogP contribution in [0.2, 0.25) is 0 Å². The van der Waals surface area contributed by atoms with Crippen molar-refractivity contribution in [3.8, 4) is 11.8 Å². The lowest BCUT2D eigenvalue weighted by Gasteiger charge is -2.25. The van der Waals surface area contributed by atoms with Crippen molar-refractivity contribution in [2.24, 2.45) is 0 Å². The predicted octanol–water partition coefficient (Wildman–Crippen LogP) is 6.04. The van der Waals surface area contributed by atoms with Crippen molar-refractivity contribution in [3.63, 3.8) is 0 Å². The number of anilines is 1. The van der Waals surface area contributed by atoms with Crippen molar-refractivity contribution < 1.29 is 19.4 Å². The third kappa shape index (κ3) is 4.71. The number of rotatable bonds is 6. The van der Waals surface area contributed by atoms with Crippen LogP contribution in [0, 0.1) is 18.3 Å². The number of halogens is 1. The Bertz CT molecular complexity index is 1360. The number of aryl methyl sites for hydroxylation is 1. The number of hydrogen-bond acceptors (Lipinski definition) is 5. The molecule has 0 saturated carbocycles. The summed E-state index contributed by atoms with van der Waals surface area (Å²) in [6.07, 6.45) is 0.868. The number of ketones is 1. The Hall–Kier alpha value is -3.89. The van der Waals surface area contributed by atoms with Crippen LogP contribution in [0.4, 0.5) is 5.69 Å². The van der Waals surface area contributed by atoms with E-state index < -0.39 is 17.7 Å². The SMILES string of the molecule is CCCOc1ccc(C2/C(=C(/O)c3ccc(Br)c(C)c3)C(=O)C(=O)N2c2ccc(C#N)cc2)cc1. The molecule has 1 saturated heterocycles. The fourth-order valence-corrected chi connectivity index (χ4v) is 4.27. The molecular weight excluding hydrogens is 508 g/mol. The van der Waals surface area contributed by atoms with E-state index in [-0.39, 0.29) is 11.3 Å². The van der Waals surface area contributed by atoms with Crippen molar-refractivity contribution in [1.29, 1.82) is 5.26 Å². The largest absolute Gasteiger partial charge is 0.507 e. The molecule has 7 heteroatoms. The second kappa shape index (κ2) is 10.2. The van der Waals surface area contributed by atoms with E-state index in [0.717, 1.165) is 16.5 Å². The number of hydrogen-bond donors (Lipinski definition) is 1. The number of aliphatic hydroxyl groups excluding tert-OH is 1. The average Bonchev–Trinajstić information content (AvgIpc) is 3.14. The molecule has 1 heterocycles. The summed E-state index contributed by atoms with van der Waals surface area (Å²) in [5, 5.41) is 20.4. The van der Waals surface area contributed by atoms with Crippen molar-refractivity contribution >= 4 is 39.1 Å². The van der Waals surface area contributed by atoms with Crippen molar-refractivity contribution in [3.05, 3.63) is 99.0 Å². The van der Waals surface area contributed by atoms with E-state index in [1.807, 2.05) is 13.8 Å². The van der Waals surface area contributed by atoms with Gasteiger partial charge in [-0.2, -0.15) is 5.26 Å². The minimum atomic E-state index is -0.855. The Morgan fingerprint density at radius 1 is 1.09 bits per heavy atom. The van der Waals surface area contributed by atoms with E-state index in [2.05, 4.69) is 22.0 Å². The highest BCUT2D eigenvalue weighted by Gasteiger charge is 2.47. The highest BCUT2D eigenvalue weighted by atomic mass is 79.9. The van der Waals surface area contributed by atoms with Crippen LogP contribution in [0.1, 0.15) is 41.6 Å². The third-order valence-corrected chi connectivity index (χ3v) is 6.71. The van der Waals surface area contributed by atoms with Crippen molar-refractivity contribution in [2.45, 2.75) is 26.3 Å². The van der Waals surface area contributed by atoms with Crippen LogP contribution in [-0.2, 0) is 9.59 Å². The average molecular weight is 531 g/mol. The Balaban J connectivity index is 1.88. The molecule has 0 aliphatic carbocycles. The number of aliphatic hydroxyl groups is 1. The molecule has 1 unspecified atom stereocenters. The van der Waals surface area contributed by atoms with Gasteiger partial charge in [-0.1, -0.05) is 41.1 Å². The summed E-state index contributed by atoms with van der Waals surface area (Å²) in [4.78, 5) is 27.9. The van der Waals surface area contributed by atoms with Gasteiger partial charge in [-0.3, -0.25) is 14.5 Å². The van der Waals surface area contributed by atoms with E-state index in [0.29, 0.717) is 34.7 Å². The smallest absolute Gasteiger partial charge is 0.300 e. The van der Waals surface area contributed by atoms with E-state index in [1.165, 1.54) is 4.90 Å². The van der Waals surface area contributed by atoms with Gasteiger partial charge in [-0.25, -0.2) is 0 Å². The quantitative estimate of drug-likeness (QED) is 0.238. The third-order valence-electron chi connectivity index (χ3n) is 5.82. The highest BCUT2D eigenvalue weighted by Crippen LogP contribution is 2.42. The van der Waals surface area contributed by atoms with Crippen LogP contribution < -0.4 is 9.64 Å². The van der Waals surface area contributed by atoms with Crippen molar-refractivity contribution in [2.75, 3.05) is 11.5 Å². The fraction of sp³-hybridized carbons (Fsp3) is 0.179. The van der Waals surface area contributed by atoms with Crippen molar-refractivity contribution in [1.82, 2.24) is 0 Å². The Kier molecular flexibility index (Phi) is 7.04. The van der Waals surface area contributed by atoms with Crippen LogP contribution in [0.5, 0.6) is 5.75 Å². The van der Waals surface area contributed by atoms with Crippen LogP contribution in [0.3, 0.4) is 0 Å². The molecule has 1 fully saturated rings. The molecule has 3 aromatic rings. The summed E-state index contributed by atoms with van der Waals surface area (Å²) in [5.41, 5.74) is 2.86. The maximum atomic E-state index is 13.3. The second-order valence-electron chi connectivity index (χ2n) is 8.21. The zero-order chi connectivity index (χ0) is 25.1. The molecule has 0 aromatic heterocycles. The molecule has 35 heavy (non-hydrogen) atoms. The van der Waals surface area contributed by atoms with Gasteiger partial charge in [0.1, 0.15) is 11.5 Å². The summed E-state index contributed by atoms with van der Waals surface area (Å²) >= 11 is 3.45. The zero-order valence-corrected chi connectivity index (χ0v) is 20.9. The summed E-state index contributed by atoms with van der Waals surface area (Å²) in [7, 11) is 0. The van der Waals surface area contributed by atoms with Crippen LogP contribution >= 0.6 is 15.9 Å². The predicted molar refractivity (Wildman–Crippen MR) is 137 cm³/mol. The van der Waals surface area contributed by atoms with Gasteiger partial charge < -0.3 is 9.84 Å². The maximum Gasteiger partial charge on any atom is 0.300 e. The number of nitrogens with zero attached hydrogens (tertiary/aromatic N) is 2. The summed E-state index contributed by atoms with van der Waals surface area (Å²) in [6, 6.07) is 20.0. The molecule has 0 radical (unpaired) electrons. The van der Waals surface area contributed by atoms with E-state index in [1.54, 1.807) is 66.7 Å². The van der Waals surface area contributed by atoms with Gasteiger partial charge in [0, 0.05) is 15.7 Å². The molecule has 0 bridgehead atoms. The second-order valence-corrected chi connectivity index (χ2v) is 9.06. The van der Waals surface area contributed by atoms with Crippen LogP contribution in [0.15, 0.2) is 76.8 Å². The minimum absolute atomic E-state index is 0.00306. The monoisotopic (exact) mass is 530 g/mol. The van der Waals surface area contributed by atoms with E-state index in [4.69, 9.17) is 10.00 Å². The number of carbonyl (C=O) groups excluding carboxylic acids is 2. The van der Waals surface area contributed by atoms with E-state index >= 15 is 0 Å². The molecular formula is C28H23BrN2O4. The van der Waals surface area contributed by atoms with Gasteiger partial charge >= 0.3 is 0 Å². The minimum Gasteiger partial charge on any atom is -0.507 e. The summed E-state index contributed by atoms with van der Waals surface area (Å²) in [6.45, 7) is 4.47. The molecule has 4 rings (SSSR count). The van der Waals surface area contributed by atoms with Crippen LogP contribution in [-0.4, -0.2) is 23.4 Å². The Morgan fingerprint density at radius 2 is 1.77 bits per heavy atom. The first-order valence-electron chi connectivity index (χ1n) is 11.2. The topological polar surface area (TPSA) is 90.6 Å². The normalized spacial score (nSPS) is 16.9. The zero-order valence-electron chi connectivity index (χ0n) is 19.3. The lowest BCUT2D eigenvalue weighted by molar-refractivity contribution is -0.132. The molecule has 1 amide bonds. The molecule has 1 atom stereocenters. The standard InChI is InChI=1S/C28H23BrN2O4/c1-3-14-35-22-11-6-19(7-12-22)25-24(26(32)20-8-13-23(29)17(2)15-20)27(33)28(34)31(25)21-9-4-18(16-30)5-10-21/h4-13,15,25,32H,3,14H2,1-2H3/b26-24-. The first-order valence-corrected chi connectivity index (χ1v) is 12.0. The number of nitriles is 1. The molecule has 6 nitrogen and oxygen atoms in total. The van der Waals surface area contributed by atoms with Gasteiger partial charge in [0.25, 0.3) is 11.7 Å². The molecule has 0 spiro atoms. The number of carbonyl (C=O) groups is 2.